The van der Waals surface area contributed by atoms with Crippen molar-refractivity contribution in [1.82, 2.24) is 24.0 Å². The third-order valence-electron chi connectivity index (χ3n) is 5.56. The van der Waals surface area contributed by atoms with Gasteiger partial charge in [0.1, 0.15) is 0 Å². The molecule has 2 aromatic heterocycles. The van der Waals surface area contributed by atoms with E-state index in [2.05, 4.69) is 19.8 Å². The molecule has 3 heterocycles. The van der Waals surface area contributed by atoms with Gasteiger partial charge < -0.3 is 10.0 Å². The van der Waals surface area contributed by atoms with E-state index in [0.29, 0.717) is 17.4 Å². The van der Waals surface area contributed by atoms with Crippen molar-refractivity contribution in [3.63, 3.8) is 0 Å². The van der Waals surface area contributed by atoms with Crippen LogP contribution in [0.4, 0.5) is 5.69 Å². The van der Waals surface area contributed by atoms with E-state index >= 15 is 0 Å². The van der Waals surface area contributed by atoms with Crippen LogP contribution in [0.3, 0.4) is 0 Å². The number of aryl methyl sites for hydroxylation is 1. The first-order valence-electron chi connectivity index (χ1n) is 10.2. The lowest BCUT2D eigenvalue weighted by Crippen LogP contribution is -2.47. The molecule has 1 aromatic carbocycles. The van der Waals surface area contributed by atoms with Gasteiger partial charge in [0.2, 0.25) is 0 Å². The van der Waals surface area contributed by atoms with Gasteiger partial charge in [0.15, 0.2) is 0 Å². The molecule has 0 radical (unpaired) electrons. The zero-order valence-electron chi connectivity index (χ0n) is 17.1. The molecule has 1 saturated heterocycles. The SMILES string of the molecule is Cc1cc(=O)n(CCN2CCN(c3ccc4c(=O)n(CCO)cnc4c3)CC2)cn1. The van der Waals surface area contributed by atoms with Crippen molar-refractivity contribution in [3.8, 4) is 0 Å². The number of nitrogens with zero attached hydrogens (tertiary/aromatic N) is 6. The van der Waals surface area contributed by atoms with Crippen LogP contribution in [-0.2, 0) is 13.1 Å². The molecule has 1 aliphatic rings. The summed E-state index contributed by atoms with van der Waals surface area (Å²) in [5.74, 6) is 0. The second-order valence-corrected chi connectivity index (χ2v) is 7.56. The highest BCUT2D eigenvalue weighted by molar-refractivity contribution is 5.81. The minimum absolute atomic E-state index is 0.0112. The van der Waals surface area contributed by atoms with Crippen LogP contribution in [0.25, 0.3) is 10.9 Å². The van der Waals surface area contributed by atoms with Crippen molar-refractivity contribution in [1.29, 1.82) is 0 Å². The molecule has 1 N–H and O–H groups in total. The maximum atomic E-state index is 12.4. The van der Waals surface area contributed by atoms with Crippen LogP contribution in [0.1, 0.15) is 5.69 Å². The Kier molecular flexibility index (Phi) is 5.91. The molecule has 0 aliphatic carbocycles. The quantitative estimate of drug-likeness (QED) is 0.615. The molecule has 3 aromatic rings. The van der Waals surface area contributed by atoms with Crippen LogP contribution in [0.2, 0.25) is 0 Å². The number of fused-ring (bicyclic) bond motifs is 1. The second kappa shape index (κ2) is 8.76. The van der Waals surface area contributed by atoms with E-state index in [0.717, 1.165) is 44.1 Å². The Labute approximate surface area is 173 Å². The van der Waals surface area contributed by atoms with E-state index in [4.69, 9.17) is 5.11 Å². The summed E-state index contributed by atoms with van der Waals surface area (Å²) in [5, 5.41) is 9.62. The minimum atomic E-state index is -0.133. The fourth-order valence-corrected chi connectivity index (χ4v) is 3.77. The Morgan fingerprint density at radius 3 is 2.43 bits per heavy atom. The van der Waals surface area contributed by atoms with E-state index in [1.54, 1.807) is 17.0 Å². The van der Waals surface area contributed by atoms with Gasteiger partial charge in [-0.15, -0.1) is 0 Å². The summed E-state index contributed by atoms with van der Waals surface area (Å²) in [6.45, 7) is 6.95. The molecule has 158 valence electrons. The van der Waals surface area contributed by atoms with Gasteiger partial charge in [-0.3, -0.25) is 23.6 Å². The highest BCUT2D eigenvalue weighted by atomic mass is 16.3. The first-order chi connectivity index (χ1) is 14.5. The van der Waals surface area contributed by atoms with Crippen molar-refractivity contribution >= 4 is 16.6 Å². The Morgan fingerprint density at radius 1 is 0.933 bits per heavy atom. The molecule has 0 atom stereocenters. The zero-order valence-corrected chi connectivity index (χ0v) is 17.1. The van der Waals surface area contributed by atoms with Crippen LogP contribution in [0.5, 0.6) is 0 Å². The molecule has 4 rings (SSSR count). The van der Waals surface area contributed by atoms with E-state index in [1.165, 1.54) is 10.9 Å². The fourth-order valence-electron chi connectivity index (χ4n) is 3.77. The molecule has 0 unspecified atom stereocenters. The highest BCUT2D eigenvalue weighted by Crippen LogP contribution is 2.20. The lowest BCUT2D eigenvalue weighted by atomic mass is 10.2. The lowest BCUT2D eigenvalue weighted by molar-refractivity contribution is 0.247. The molecular formula is C21H26N6O3. The predicted octanol–water partition coefficient (Wildman–Crippen LogP) is 0.0761. The van der Waals surface area contributed by atoms with E-state index in [1.807, 2.05) is 25.1 Å². The maximum absolute atomic E-state index is 12.4. The average Bonchev–Trinajstić information content (AvgIpc) is 2.75. The van der Waals surface area contributed by atoms with Gasteiger partial charge in [-0.1, -0.05) is 0 Å². The summed E-state index contributed by atoms with van der Waals surface area (Å²) in [7, 11) is 0. The standard InChI is InChI=1S/C21H26N6O3/c1-16-12-20(29)26(14-22-16)9-6-24-4-7-25(8-5-24)17-2-3-18-19(13-17)23-15-27(10-11-28)21(18)30/h2-3,12-15,28H,4-11H2,1H3. The molecule has 0 bridgehead atoms. The summed E-state index contributed by atoms with van der Waals surface area (Å²) in [6.07, 6.45) is 3.11. The Morgan fingerprint density at radius 2 is 1.70 bits per heavy atom. The summed E-state index contributed by atoms with van der Waals surface area (Å²) in [6, 6.07) is 7.29. The largest absolute Gasteiger partial charge is 0.395 e. The van der Waals surface area contributed by atoms with Gasteiger partial charge >= 0.3 is 0 Å². The topological polar surface area (TPSA) is 96.5 Å². The molecule has 1 aliphatic heterocycles. The zero-order chi connectivity index (χ0) is 21.1. The van der Waals surface area contributed by atoms with Crippen molar-refractivity contribution in [2.24, 2.45) is 0 Å². The number of anilines is 1. The average molecular weight is 410 g/mol. The van der Waals surface area contributed by atoms with Crippen LogP contribution in [0, 0.1) is 6.92 Å². The monoisotopic (exact) mass is 410 g/mol. The minimum Gasteiger partial charge on any atom is -0.395 e. The summed E-state index contributed by atoms with van der Waals surface area (Å²) in [5.41, 5.74) is 2.31. The second-order valence-electron chi connectivity index (χ2n) is 7.56. The fraction of sp³-hybridized carbons (Fsp3) is 0.429. The first kappa shape index (κ1) is 20.2. The van der Waals surface area contributed by atoms with Gasteiger partial charge in [0.05, 0.1) is 36.7 Å². The summed E-state index contributed by atoms with van der Waals surface area (Å²) in [4.78, 5) is 37.6. The van der Waals surface area contributed by atoms with E-state index in [-0.39, 0.29) is 24.3 Å². The smallest absolute Gasteiger partial charge is 0.261 e. The Bertz CT molecular complexity index is 1150. The van der Waals surface area contributed by atoms with Gasteiger partial charge in [-0.2, -0.15) is 0 Å². The number of rotatable bonds is 6. The third kappa shape index (κ3) is 4.27. The Balaban J connectivity index is 1.38. The summed E-state index contributed by atoms with van der Waals surface area (Å²) >= 11 is 0. The van der Waals surface area contributed by atoms with Crippen molar-refractivity contribution in [2.45, 2.75) is 20.0 Å². The molecule has 0 spiro atoms. The molecule has 0 amide bonds. The number of aromatic nitrogens is 4. The lowest BCUT2D eigenvalue weighted by Gasteiger charge is -2.36. The third-order valence-corrected chi connectivity index (χ3v) is 5.56. The van der Waals surface area contributed by atoms with Gasteiger partial charge in [-0.25, -0.2) is 9.97 Å². The van der Waals surface area contributed by atoms with Crippen molar-refractivity contribution in [3.05, 3.63) is 63.3 Å². The van der Waals surface area contributed by atoms with Gasteiger partial charge in [-0.05, 0) is 25.1 Å². The number of hydrogen-bond donors (Lipinski definition) is 1. The molecule has 30 heavy (non-hydrogen) atoms. The van der Waals surface area contributed by atoms with Crippen LogP contribution < -0.4 is 16.0 Å². The van der Waals surface area contributed by atoms with Gasteiger partial charge in [0.25, 0.3) is 11.1 Å². The van der Waals surface area contributed by atoms with Gasteiger partial charge in [0, 0.05) is 56.7 Å². The van der Waals surface area contributed by atoms with Crippen LogP contribution >= 0.6 is 0 Å². The predicted molar refractivity (Wildman–Crippen MR) is 115 cm³/mol. The van der Waals surface area contributed by atoms with E-state index < -0.39 is 0 Å². The van der Waals surface area contributed by atoms with Crippen molar-refractivity contribution < 1.29 is 5.11 Å². The Hall–Kier alpha value is -3.04. The van der Waals surface area contributed by atoms with Crippen molar-refractivity contribution in [2.75, 3.05) is 44.2 Å². The number of hydrogen-bond acceptors (Lipinski definition) is 7. The molecular weight excluding hydrogens is 384 g/mol. The number of piperazine rings is 1. The molecule has 9 heteroatoms. The number of aliphatic hydroxyl groups is 1. The number of benzene rings is 1. The summed E-state index contributed by atoms with van der Waals surface area (Å²) < 4.78 is 3.08. The first-order valence-corrected chi connectivity index (χ1v) is 10.2. The van der Waals surface area contributed by atoms with Crippen LogP contribution in [0.15, 0.2) is 46.5 Å². The van der Waals surface area contributed by atoms with Crippen LogP contribution in [-0.4, -0.2) is 68.4 Å². The highest BCUT2D eigenvalue weighted by Gasteiger charge is 2.18. The molecule has 1 fully saturated rings. The number of aliphatic hydroxyl groups excluding tert-OH is 1. The normalized spacial score (nSPS) is 15.1. The molecule has 0 saturated carbocycles. The molecule has 9 nitrogen and oxygen atoms in total. The maximum Gasteiger partial charge on any atom is 0.261 e. The van der Waals surface area contributed by atoms with E-state index in [9.17, 15) is 9.59 Å².